The maximum atomic E-state index is 5.33. The Bertz CT molecular complexity index is 188. The average molecular weight is 196 g/mol. The van der Waals surface area contributed by atoms with E-state index in [4.69, 9.17) is 5.73 Å². The molecule has 0 saturated heterocycles. The molecule has 1 heterocycles. The minimum atomic E-state index is 0. The van der Waals surface area contributed by atoms with Crippen LogP contribution >= 0.6 is 0 Å². The van der Waals surface area contributed by atoms with Gasteiger partial charge in [-0.05, 0) is 13.5 Å². The Morgan fingerprint density at radius 3 is 2.55 bits per heavy atom. The molecule has 0 aromatic carbocycles. The third-order valence-electron chi connectivity index (χ3n) is 1.32. The quantitative estimate of drug-likeness (QED) is 0.495. The third-order valence-corrected chi connectivity index (χ3v) is 1.32. The first-order chi connectivity index (χ1) is 4.34. The van der Waals surface area contributed by atoms with Crippen molar-refractivity contribution in [1.82, 2.24) is 9.97 Å². The summed E-state index contributed by atoms with van der Waals surface area (Å²) in [4.78, 5) is 7.06. The van der Waals surface area contributed by atoms with Gasteiger partial charge in [0.2, 0.25) is 0 Å². The predicted octanol–water partition coefficient (Wildman–Crippen LogP) is -5.77. The molecule has 1 rings (SSSR count). The number of nitrogens with two attached hydrogens (primary N) is 1. The van der Waals surface area contributed by atoms with Crippen LogP contribution in [0.4, 0.5) is 0 Å². The lowest BCUT2D eigenvalue weighted by Crippen LogP contribution is -3.00. The summed E-state index contributed by atoms with van der Waals surface area (Å²) in [6.07, 6.45) is 2.57. The second-order valence-electron chi connectivity index (χ2n) is 2.01. The van der Waals surface area contributed by atoms with Crippen molar-refractivity contribution in [2.45, 2.75) is 13.3 Å². The Kier molecular flexibility index (Phi) is 7.84. The normalized spacial score (nSPS) is 8.18. The first-order valence-corrected chi connectivity index (χ1v) is 3.03. The van der Waals surface area contributed by atoms with E-state index >= 15 is 0 Å². The van der Waals surface area contributed by atoms with Crippen LogP contribution < -0.4 is 30.5 Å². The highest BCUT2D eigenvalue weighted by molar-refractivity contribution is 5.08. The van der Waals surface area contributed by atoms with Crippen LogP contribution in [-0.2, 0) is 6.42 Å². The molecule has 0 amide bonds. The molecule has 0 fully saturated rings. The van der Waals surface area contributed by atoms with Crippen LogP contribution in [0.2, 0.25) is 0 Å². The van der Waals surface area contributed by atoms with E-state index < -0.39 is 0 Å². The predicted molar refractivity (Wildman–Crippen MR) is 36.1 cm³/mol. The molecule has 3 N–H and O–H groups in total. The summed E-state index contributed by atoms with van der Waals surface area (Å²) < 4.78 is 0. The average Bonchev–Trinajstić information content (AvgIpc) is 2.18. The fraction of sp³-hybridized carbons (Fsp3) is 0.500. The van der Waals surface area contributed by atoms with Gasteiger partial charge in [0, 0.05) is 12.1 Å². The van der Waals surface area contributed by atoms with Crippen LogP contribution in [-0.4, -0.2) is 16.5 Å². The Morgan fingerprint density at radius 2 is 2.18 bits per heavy atom. The lowest BCUT2D eigenvalue weighted by atomic mass is 10.3. The van der Waals surface area contributed by atoms with Crippen LogP contribution in [0.3, 0.4) is 0 Å². The summed E-state index contributed by atoms with van der Waals surface area (Å²) in [6.45, 7) is 2.67. The van der Waals surface area contributed by atoms with Gasteiger partial charge in [0.05, 0.1) is 12.0 Å². The third kappa shape index (κ3) is 3.60. The highest BCUT2D eigenvalue weighted by Crippen LogP contribution is 1.98. The van der Waals surface area contributed by atoms with Crippen LogP contribution in [0.5, 0.6) is 0 Å². The maximum Gasteiger partial charge on any atom is 0.0925 e. The van der Waals surface area contributed by atoms with Crippen LogP contribution in [0.15, 0.2) is 6.33 Å². The number of hydrogen-bond donors (Lipinski definition) is 2. The van der Waals surface area contributed by atoms with Gasteiger partial charge in [-0.1, -0.05) is 0 Å². The van der Waals surface area contributed by atoms with Crippen LogP contribution in [0.25, 0.3) is 0 Å². The SMILES string of the molecule is Cc1[nH]cnc1CCN.[Cl-].[Cl-]. The molecule has 0 radical (unpaired) electrons. The van der Waals surface area contributed by atoms with Crippen molar-refractivity contribution in [3.05, 3.63) is 17.7 Å². The zero-order chi connectivity index (χ0) is 6.69. The number of nitrogens with one attached hydrogen (secondary N) is 1. The lowest BCUT2D eigenvalue weighted by molar-refractivity contribution is -0.001000. The minimum Gasteiger partial charge on any atom is -1.00 e. The molecule has 1 aromatic heterocycles. The van der Waals surface area contributed by atoms with Gasteiger partial charge < -0.3 is 35.5 Å². The number of aryl methyl sites for hydroxylation is 1. The topological polar surface area (TPSA) is 54.7 Å². The molecule has 0 aliphatic carbocycles. The molecule has 5 heteroatoms. The Labute approximate surface area is 78.6 Å². The number of nitrogens with zero attached hydrogens (tertiary/aromatic N) is 1. The van der Waals surface area contributed by atoms with E-state index in [0.29, 0.717) is 6.54 Å². The van der Waals surface area contributed by atoms with E-state index in [1.165, 1.54) is 0 Å². The summed E-state index contributed by atoms with van der Waals surface area (Å²) in [5, 5.41) is 0. The molecular formula is C6H11Cl2N3-2. The molecular weight excluding hydrogens is 185 g/mol. The summed E-state index contributed by atoms with van der Waals surface area (Å²) in [5.41, 5.74) is 7.54. The van der Waals surface area contributed by atoms with Gasteiger partial charge in [0.1, 0.15) is 0 Å². The van der Waals surface area contributed by atoms with E-state index in [1.807, 2.05) is 6.92 Å². The standard InChI is InChI=1S/C6H11N3.2ClH/c1-5-6(2-3-7)9-4-8-5;;/h4H,2-3,7H2,1H3,(H,8,9);2*1H/p-2. The van der Waals surface area contributed by atoms with Gasteiger partial charge in [-0.3, -0.25) is 0 Å². The molecule has 0 atom stereocenters. The zero-order valence-corrected chi connectivity index (χ0v) is 7.78. The van der Waals surface area contributed by atoms with Crippen LogP contribution in [0, 0.1) is 6.92 Å². The van der Waals surface area contributed by atoms with Crippen molar-refractivity contribution in [2.24, 2.45) is 5.73 Å². The van der Waals surface area contributed by atoms with Gasteiger partial charge in [0.15, 0.2) is 0 Å². The summed E-state index contributed by atoms with van der Waals surface area (Å²) in [5.74, 6) is 0. The Morgan fingerprint density at radius 1 is 1.55 bits per heavy atom. The van der Waals surface area contributed by atoms with E-state index in [-0.39, 0.29) is 24.8 Å². The number of aromatic nitrogens is 2. The van der Waals surface area contributed by atoms with Crippen molar-refractivity contribution in [3.63, 3.8) is 0 Å². The van der Waals surface area contributed by atoms with Gasteiger partial charge >= 0.3 is 0 Å². The molecule has 0 aliphatic heterocycles. The molecule has 0 unspecified atom stereocenters. The van der Waals surface area contributed by atoms with Gasteiger partial charge in [-0.15, -0.1) is 0 Å². The van der Waals surface area contributed by atoms with E-state index in [0.717, 1.165) is 17.8 Å². The molecule has 66 valence electrons. The van der Waals surface area contributed by atoms with Crippen molar-refractivity contribution < 1.29 is 24.8 Å². The fourth-order valence-electron chi connectivity index (χ4n) is 0.776. The largest absolute Gasteiger partial charge is 1.00 e. The highest BCUT2D eigenvalue weighted by atomic mass is 35.5. The van der Waals surface area contributed by atoms with Gasteiger partial charge in [0.25, 0.3) is 0 Å². The molecule has 11 heavy (non-hydrogen) atoms. The molecule has 0 aliphatic rings. The number of H-pyrrole nitrogens is 1. The number of halogens is 2. The molecule has 0 bridgehead atoms. The summed E-state index contributed by atoms with van der Waals surface area (Å²) in [6, 6.07) is 0. The second kappa shape index (κ2) is 6.46. The van der Waals surface area contributed by atoms with Crippen LogP contribution in [0.1, 0.15) is 11.4 Å². The minimum absolute atomic E-state index is 0. The first-order valence-electron chi connectivity index (χ1n) is 3.03. The summed E-state index contributed by atoms with van der Waals surface area (Å²) >= 11 is 0. The monoisotopic (exact) mass is 195 g/mol. The number of imidazole rings is 1. The number of hydrogen-bond acceptors (Lipinski definition) is 2. The first kappa shape index (κ1) is 13.3. The molecule has 3 nitrogen and oxygen atoms in total. The molecule has 0 saturated carbocycles. The maximum absolute atomic E-state index is 5.33. The van der Waals surface area contributed by atoms with Crippen molar-refractivity contribution in [3.8, 4) is 0 Å². The van der Waals surface area contributed by atoms with Crippen molar-refractivity contribution in [2.75, 3.05) is 6.54 Å². The smallest absolute Gasteiger partial charge is 0.0925 e. The van der Waals surface area contributed by atoms with Crippen molar-refractivity contribution in [1.29, 1.82) is 0 Å². The second-order valence-corrected chi connectivity index (χ2v) is 2.01. The number of aromatic amines is 1. The van der Waals surface area contributed by atoms with Crippen molar-refractivity contribution >= 4 is 0 Å². The number of rotatable bonds is 2. The van der Waals surface area contributed by atoms with E-state index in [2.05, 4.69) is 9.97 Å². The van der Waals surface area contributed by atoms with Gasteiger partial charge in [-0.25, -0.2) is 4.98 Å². The molecule has 1 aromatic rings. The van der Waals surface area contributed by atoms with E-state index in [1.54, 1.807) is 6.33 Å². The van der Waals surface area contributed by atoms with E-state index in [9.17, 15) is 0 Å². The van der Waals surface area contributed by atoms with Gasteiger partial charge in [-0.2, -0.15) is 0 Å². The fourth-order valence-corrected chi connectivity index (χ4v) is 0.776. The summed E-state index contributed by atoms with van der Waals surface area (Å²) in [7, 11) is 0. The Hall–Kier alpha value is -0.250. The molecule has 0 spiro atoms. The highest BCUT2D eigenvalue weighted by Gasteiger charge is 1.96. The lowest BCUT2D eigenvalue weighted by Gasteiger charge is -1.91. The zero-order valence-electron chi connectivity index (χ0n) is 6.27. The Balaban J connectivity index is 0.